The molecule has 1 unspecified atom stereocenters. The molecule has 0 aliphatic rings. The molecule has 0 saturated heterocycles. The Balaban J connectivity index is 0.00000625. The topological polar surface area (TPSA) is 72.0 Å². The van der Waals surface area contributed by atoms with Gasteiger partial charge in [-0.15, -0.1) is 24.0 Å². The molecule has 8 heteroatoms. The van der Waals surface area contributed by atoms with Gasteiger partial charge in [0.1, 0.15) is 18.2 Å². The number of benzene rings is 1. The van der Waals surface area contributed by atoms with Gasteiger partial charge in [-0.1, -0.05) is 19.1 Å². The van der Waals surface area contributed by atoms with Gasteiger partial charge in [-0.05, 0) is 39.3 Å². The van der Waals surface area contributed by atoms with E-state index < -0.39 is 11.4 Å². The Morgan fingerprint density at radius 1 is 1.27 bits per heavy atom. The average Bonchev–Trinajstić information content (AvgIpc) is 2.53. The lowest BCUT2D eigenvalue weighted by atomic mass is 10.2. The first-order valence-electron chi connectivity index (χ1n) is 8.32. The molecule has 0 saturated carbocycles. The summed E-state index contributed by atoms with van der Waals surface area (Å²) in [5.74, 6) is -0.104. The summed E-state index contributed by atoms with van der Waals surface area (Å²) in [7, 11) is 1.60. The fraction of sp³-hybridized carbons (Fsp3) is 0.556. The van der Waals surface area contributed by atoms with Gasteiger partial charge in [-0.3, -0.25) is 9.79 Å². The maximum Gasteiger partial charge on any atom is 0.325 e. The van der Waals surface area contributed by atoms with Gasteiger partial charge >= 0.3 is 5.97 Å². The van der Waals surface area contributed by atoms with Crippen molar-refractivity contribution in [3.05, 3.63) is 30.1 Å². The van der Waals surface area contributed by atoms with Crippen molar-refractivity contribution in [3.63, 3.8) is 0 Å². The van der Waals surface area contributed by atoms with Crippen LogP contribution in [0.4, 0.5) is 4.39 Å². The summed E-state index contributed by atoms with van der Waals surface area (Å²) < 4.78 is 24.6. The highest BCUT2D eigenvalue weighted by Gasteiger charge is 2.17. The maximum atomic E-state index is 13.7. The van der Waals surface area contributed by atoms with Crippen LogP contribution in [0.3, 0.4) is 0 Å². The van der Waals surface area contributed by atoms with E-state index in [0.717, 1.165) is 0 Å². The van der Waals surface area contributed by atoms with Crippen LogP contribution in [0, 0.1) is 5.82 Å². The van der Waals surface area contributed by atoms with E-state index in [4.69, 9.17) is 9.47 Å². The predicted molar refractivity (Wildman–Crippen MR) is 112 cm³/mol. The van der Waals surface area contributed by atoms with Crippen molar-refractivity contribution in [1.82, 2.24) is 10.6 Å². The molecule has 0 heterocycles. The zero-order valence-electron chi connectivity index (χ0n) is 16.0. The second-order valence-electron chi connectivity index (χ2n) is 6.47. The molecule has 0 bridgehead atoms. The SMILES string of the molecule is CCC(CNC(=NC)NCC(=O)OC(C)(C)C)Oc1ccccc1F.I. The molecular weight excluding hydrogens is 452 g/mol. The zero-order chi connectivity index (χ0) is 18.9. The van der Waals surface area contributed by atoms with Crippen LogP contribution in [0.5, 0.6) is 5.75 Å². The number of nitrogens with one attached hydrogen (secondary N) is 2. The normalized spacial score (nSPS) is 12.6. The average molecular weight is 481 g/mol. The highest BCUT2D eigenvalue weighted by Crippen LogP contribution is 2.17. The number of halogens is 2. The van der Waals surface area contributed by atoms with Gasteiger partial charge in [0, 0.05) is 7.05 Å². The van der Waals surface area contributed by atoms with Crippen molar-refractivity contribution in [3.8, 4) is 5.75 Å². The van der Waals surface area contributed by atoms with Gasteiger partial charge < -0.3 is 20.1 Å². The Hall–Kier alpha value is -1.58. The fourth-order valence-electron chi connectivity index (χ4n) is 1.95. The smallest absolute Gasteiger partial charge is 0.325 e. The molecule has 2 N–H and O–H groups in total. The summed E-state index contributed by atoms with van der Waals surface area (Å²) >= 11 is 0. The van der Waals surface area contributed by atoms with Crippen molar-refractivity contribution in [2.24, 2.45) is 4.99 Å². The minimum absolute atomic E-state index is 0. The van der Waals surface area contributed by atoms with Crippen LogP contribution in [0.25, 0.3) is 0 Å². The monoisotopic (exact) mass is 481 g/mol. The van der Waals surface area contributed by atoms with Crippen molar-refractivity contribution in [1.29, 1.82) is 0 Å². The van der Waals surface area contributed by atoms with Crippen LogP contribution in [0.2, 0.25) is 0 Å². The largest absolute Gasteiger partial charge is 0.486 e. The standard InChI is InChI=1S/C18H28FN3O3.HI/c1-6-13(24-15-10-8-7-9-14(15)19)11-21-17(20-5)22-12-16(23)25-18(2,3)4;/h7-10,13H,6,11-12H2,1-5H3,(H2,20,21,22);1H. The van der Waals surface area contributed by atoms with Gasteiger partial charge in [0.2, 0.25) is 0 Å². The second kappa shape index (κ2) is 11.9. The van der Waals surface area contributed by atoms with Gasteiger partial charge in [-0.25, -0.2) is 4.39 Å². The van der Waals surface area contributed by atoms with Crippen molar-refractivity contribution in [2.45, 2.75) is 45.8 Å². The van der Waals surface area contributed by atoms with Gasteiger partial charge in [0.25, 0.3) is 0 Å². The minimum atomic E-state index is -0.531. The van der Waals surface area contributed by atoms with Crippen LogP contribution < -0.4 is 15.4 Å². The number of para-hydroxylation sites is 1. The number of aliphatic imine (C=N–C) groups is 1. The van der Waals surface area contributed by atoms with E-state index in [1.807, 2.05) is 27.7 Å². The molecule has 1 atom stereocenters. The maximum absolute atomic E-state index is 13.7. The molecule has 0 fully saturated rings. The summed E-state index contributed by atoms with van der Waals surface area (Å²) in [6.45, 7) is 7.79. The molecule has 148 valence electrons. The molecule has 0 aliphatic heterocycles. The number of guanidine groups is 1. The molecular formula is C18H29FIN3O3. The number of rotatable bonds is 7. The molecule has 6 nitrogen and oxygen atoms in total. The highest BCUT2D eigenvalue weighted by molar-refractivity contribution is 14.0. The molecule has 1 aromatic carbocycles. The summed E-state index contributed by atoms with van der Waals surface area (Å²) in [4.78, 5) is 15.8. The molecule has 0 radical (unpaired) electrons. The summed E-state index contributed by atoms with van der Waals surface area (Å²) in [6, 6.07) is 6.29. The minimum Gasteiger partial charge on any atom is -0.486 e. The lowest BCUT2D eigenvalue weighted by Gasteiger charge is -2.21. The molecule has 1 rings (SSSR count). The Kier molecular flexibility index (Phi) is 11.2. The van der Waals surface area contributed by atoms with Crippen LogP contribution in [-0.4, -0.2) is 43.8 Å². The lowest BCUT2D eigenvalue weighted by Crippen LogP contribution is -2.45. The first-order valence-corrected chi connectivity index (χ1v) is 8.32. The van der Waals surface area contributed by atoms with Gasteiger partial charge in [-0.2, -0.15) is 0 Å². The number of hydrogen-bond acceptors (Lipinski definition) is 4. The fourth-order valence-corrected chi connectivity index (χ4v) is 1.95. The first kappa shape index (κ1) is 24.4. The van der Waals surface area contributed by atoms with Gasteiger partial charge in [0.05, 0.1) is 6.54 Å². The first-order chi connectivity index (χ1) is 11.7. The van der Waals surface area contributed by atoms with E-state index in [9.17, 15) is 9.18 Å². The van der Waals surface area contributed by atoms with Crippen LogP contribution in [0.1, 0.15) is 34.1 Å². The quantitative estimate of drug-likeness (QED) is 0.271. The van der Waals surface area contributed by atoms with E-state index in [2.05, 4.69) is 15.6 Å². The van der Waals surface area contributed by atoms with Crippen LogP contribution in [0.15, 0.2) is 29.3 Å². The van der Waals surface area contributed by atoms with Crippen molar-refractivity contribution >= 4 is 35.9 Å². The Labute approximate surface area is 172 Å². The zero-order valence-corrected chi connectivity index (χ0v) is 18.3. The number of carbonyl (C=O) groups excluding carboxylic acids is 1. The summed E-state index contributed by atoms with van der Waals surface area (Å²) in [6.07, 6.45) is 0.446. The van der Waals surface area contributed by atoms with Crippen molar-refractivity contribution < 1.29 is 18.7 Å². The predicted octanol–water partition coefficient (Wildman–Crippen LogP) is 3.11. The van der Waals surface area contributed by atoms with E-state index in [1.54, 1.807) is 25.2 Å². The molecule has 1 aromatic rings. The van der Waals surface area contributed by atoms with Crippen LogP contribution in [-0.2, 0) is 9.53 Å². The molecule has 0 aromatic heterocycles. The third kappa shape index (κ3) is 9.79. The van der Waals surface area contributed by atoms with E-state index in [1.165, 1.54) is 6.07 Å². The number of nitrogens with zero attached hydrogens (tertiary/aromatic N) is 1. The number of esters is 1. The molecule has 0 aliphatic carbocycles. The Morgan fingerprint density at radius 2 is 1.92 bits per heavy atom. The van der Waals surface area contributed by atoms with Gasteiger partial charge in [0.15, 0.2) is 17.5 Å². The summed E-state index contributed by atoms with van der Waals surface area (Å²) in [5.41, 5.74) is -0.531. The van der Waals surface area contributed by atoms with E-state index >= 15 is 0 Å². The number of hydrogen-bond donors (Lipinski definition) is 2. The second-order valence-corrected chi connectivity index (χ2v) is 6.47. The van der Waals surface area contributed by atoms with E-state index in [-0.39, 0.29) is 48.3 Å². The molecule has 26 heavy (non-hydrogen) atoms. The number of ether oxygens (including phenoxy) is 2. The number of carbonyl (C=O) groups is 1. The third-order valence-corrected chi connectivity index (χ3v) is 3.13. The Bertz CT molecular complexity index is 591. The Morgan fingerprint density at radius 3 is 2.46 bits per heavy atom. The summed E-state index contributed by atoms with van der Waals surface area (Å²) in [5, 5.41) is 5.94. The van der Waals surface area contributed by atoms with E-state index in [0.29, 0.717) is 18.9 Å². The third-order valence-electron chi connectivity index (χ3n) is 3.13. The molecule has 0 spiro atoms. The van der Waals surface area contributed by atoms with Crippen LogP contribution >= 0.6 is 24.0 Å². The van der Waals surface area contributed by atoms with Crippen molar-refractivity contribution in [2.75, 3.05) is 20.1 Å². The lowest BCUT2D eigenvalue weighted by molar-refractivity contribution is -0.153. The highest BCUT2D eigenvalue weighted by atomic mass is 127. The molecule has 0 amide bonds.